The lowest BCUT2D eigenvalue weighted by Crippen LogP contribution is -2.54. The number of sulfonamides is 1. The maximum absolute atomic E-state index is 13.0. The molecular formula is C17H25FN4O3S2. The highest BCUT2D eigenvalue weighted by Gasteiger charge is 2.32. The Morgan fingerprint density at radius 3 is 2.22 bits per heavy atom. The van der Waals surface area contributed by atoms with Crippen LogP contribution in [0.2, 0.25) is 0 Å². The normalized spacial score (nSPS) is 16.6. The Balaban J connectivity index is 1.86. The first-order valence-corrected chi connectivity index (χ1v) is 10.5. The topological polar surface area (TPSA) is 90.5 Å². The van der Waals surface area contributed by atoms with Crippen LogP contribution in [0, 0.1) is 11.7 Å². The first-order valence-electron chi connectivity index (χ1n) is 8.63. The number of hydrogen-bond donors (Lipinski definition) is 3. The third-order valence-corrected chi connectivity index (χ3v) is 6.18. The first kappa shape index (κ1) is 21.5. The molecule has 0 unspecified atom stereocenters. The molecule has 1 saturated heterocycles. The Kier molecular flexibility index (Phi) is 6.77. The molecule has 1 heterocycles. The second-order valence-electron chi connectivity index (χ2n) is 7.45. The standard InChI is InChI=1S/C17H25FN4O3S2/c1-17(2,3)19-16(26)21-20-15(23)12-8-10-22(11-9-12)27(24,25)14-6-4-13(18)5-7-14/h4-7,12H,8-11H2,1-3H3,(H,20,23)(H2,19,21,26). The van der Waals surface area contributed by atoms with Crippen molar-refractivity contribution in [1.29, 1.82) is 0 Å². The van der Waals surface area contributed by atoms with Gasteiger partial charge >= 0.3 is 0 Å². The molecule has 1 amide bonds. The number of hydrogen-bond acceptors (Lipinski definition) is 4. The third-order valence-electron chi connectivity index (χ3n) is 4.06. The van der Waals surface area contributed by atoms with Crippen molar-refractivity contribution < 1.29 is 17.6 Å². The number of hydrazine groups is 1. The summed E-state index contributed by atoms with van der Waals surface area (Å²) >= 11 is 5.10. The molecule has 2 rings (SSSR count). The molecule has 1 aliphatic rings. The van der Waals surface area contributed by atoms with Crippen LogP contribution in [-0.2, 0) is 14.8 Å². The smallest absolute Gasteiger partial charge is 0.243 e. The second kappa shape index (κ2) is 8.49. The summed E-state index contributed by atoms with van der Waals surface area (Å²) in [5.74, 6) is -1.03. The number of amides is 1. The van der Waals surface area contributed by atoms with Gasteiger partial charge in [-0.15, -0.1) is 0 Å². The van der Waals surface area contributed by atoms with Crippen molar-refractivity contribution in [2.45, 2.75) is 44.0 Å². The van der Waals surface area contributed by atoms with E-state index in [2.05, 4.69) is 16.2 Å². The molecule has 0 spiro atoms. The molecule has 150 valence electrons. The zero-order chi connectivity index (χ0) is 20.2. The first-order chi connectivity index (χ1) is 12.5. The summed E-state index contributed by atoms with van der Waals surface area (Å²) in [6, 6.07) is 4.73. The monoisotopic (exact) mass is 416 g/mol. The fourth-order valence-electron chi connectivity index (χ4n) is 2.71. The number of nitrogens with one attached hydrogen (secondary N) is 3. The van der Waals surface area contributed by atoms with Crippen LogP contribution in [0.15, 0.2) is 29.2 Å². The molecule has 27 heavy (non-hydrogen) atoms. The van der Waals surface area contributed by atoms with Gasteiger partial charge in [0.1, 0.15) is 5.82 Å². The predicted octanol–water partition coefficient (Wildman–Crippen LogP) is 1.52. The SMILES string of the molecule is CC(C)(C)NC(=S)NNC(=O)C1CCN(S(=O)(=O)c2ccc(F)cc2)CC1. The number of carbonyl (C=O) groups is 1. The minimum absolute atomic E-state index is 0.0482. The van der Waals surface area contributed by atoms with E-state index in [9.17, 15) is 17.6 Å². The summed E-state index contributed by atoms with van der Waals surface area (Å²) in [6.07, 6.45) is 0.792. The van der Waals surface area contributed by atoms with Crippen molar-refractivity contribution in [3.05, 3.63) is 30.1 Å². The van der Waals surface area contributed by atoms with Gasteiger partial charge in [0.2, 0.25) is 15.9 Å². The quantitative estimate of drug-likeness (QED) is 0.511. The van der Waals surface area contributed by atoms with Crippen LogP contribution in [0.1, 0.15) is 33.6 Å². The van der Waals surface area contributed by atoms with Gasteiger partial charge < -0.3 is 5.32 Å². The fraction of sp³-hybridized carbons (Fsp3) is 0.529. The molecule has 0 bridgehead atoms. The Hall–Kier alpha value is -1.78. The van der Waals surface area contributed by atoms with Gasteiger partial charge in [-0.25, -0.2) is 12.8 Å². The molecule has 10 heteroatoms. The summed E-state index contributed by atoms with van der Waals surface area (Å²) in [5, 5.41) is 3.33. The van der Waals surface area contributed by atoms with Crippen LogP contribution in [-0.4, -0.2) is 42.4 Å². The van der Waals surface area contributed by atoms with Crippen LogP contribution >= 0.6 is 12.2 Å². The van der Waals surface area contributed by atoms with Gasteiger partial charge in [0.05, 0.1) is 4.90 Å². The lowest BCUT2D eigenvalue weighted by Gasteiger charge is -2.31. The highest BCUT2D eigenvalue weighted by molar-refractivity contribution is 7.89. The maximum Gasteiger partial charge on any atom is 0.243 e. The Bertz CT molecular complexity index is 783. The molecule has 0 saturated carbocycles. The third kappa shape index (κ3) is 6.12. The molecule has 1 aromatic carbocycles. The summed E-state index contributed by atoms with van der Waals surface area (Å²) in [6.45, 7) is 6.28. The molecule has 0 radical (unpaired) electrons. The second-order valence-corrected chi connectivity index (χ2v) is 9.80. The van der Waals surface area contributed by atoms with Crippen LogP contribution < -0.4 is 16.2 Å². The lowest BCUT2D eigenvalue weighted by atomic mass is 9.98. The minimum atomic E-state index is -3.69. The number of benzene rings is 1. The van der Waals surface area contributed by atoms with Gasteiger partial charge in [0, 0.05) is 24.5 Å². The molecule has 1 aliphatic heterocycles. The molecular weight excluding hydrogens is 391 g/mol. The molecule has 0 aliphatic carbocycles. The van der Waals surface area contributed by atoms with E-state index in [1.807, 2.05) is 20.8 Å². The van der Waals surface area contributed by atoms with E-state index in [1.54, 1.807) is 0 Å². The highest BCUT2D eigenvalue weighted by Crippen LogP contribution is 2.24. The van der Waals surface area contributed by atoms with Gasteiger partial charge in [-0.1, -0.05) is 0 Å². The van der Waals surface area contributed by atoms with Gasteiger partial charge in [-0.05, 0) is 70.1 Å². The summed E-state index contributed by atoms with van der Waals surface area (Å²) in [7, 11) is -3.69. The fourth-order valence-corrected chi connectivity index (χ4v) is 4.53. The molecule has 7 nitrogen and oxygen atoms in total. The van der Waals surface area contributed by atoms with Crippen molar-refractivity contribution >= 4 is 33.3 Å². The van der Waals surface area contributed by atoms with Gasteiger partial charge in [0.25, 0.3) is 0 Å². The van der Waals surface area contributed by atoms with Gasteiger partial charge in [0.15, 0.2) is 5.11 Å². The van der Waals surface area contributed by atoms with Gasteiger partial charge in [-0.2, -0.15) is 4.31 Å². The predicted molar refractivity (Wildman–Crippen MR) is 105 cm³/mol. The number of thiocarbonyl (C=S) groups is 1. The van der Waals surface area contributed by atoms with E-state index < -0.39 is 15.8 Å². The largest absolute Gasteiger partial charge is 0.357 e. The zero-order valence-electron chi connectivity index (χ0n) is 15.6. The number of nitrogens with zero attached hydrogens (tertiary/aromatic N) is 1. The molecule has 0 atom stereocenters. The van der Waals surface area contributed by atoms with E-state index in [0.717, 1.165) is 12.1 Å². The Labute approximate surface area is 164 Å². The molecule has 3 N–H and O–H groups in total. The van der Waals surface area contributed by atoms with E-state index in [-0.39, 0.29) is 35.3 Å². The van der Waals surface area contributed by atoms with Crippen molar-refractivity contribution in [2.75, 3.05) is 13.1 Å². The van der Waals surface area contributed by atoms with E-state index in [0.29, 0.717) is 18.0 Å². The molecule has 0 aromatic heterocycles. The number of halogens is 1. The van der Waals surface area contributed by atoms with Crippen molar-refractivity contribution in [3.8, 4) is 0 Å². The average molecular weight is 417 g/mol. The number of rotatable bonds is 3. The van der Waals surface area contributed by atoms with Crippen LogP contribution in [0.25, 0.3) is 0 Å². The molecule has 1 aromatic rings. The Morgan fingerprint density at radius 2 is 1.70 bits per heavy atom. The highest BCUT2D eigenvalue weighted by atomic mass is 32.2. The number of carbonyl (C=O) groups excluding carboxylic acids is 1. The van der Waals surface area contributed by atoms with Crippen molar-refractivity contribution in [2.24, 2.45) is 5.92 Å². The van der Waals surface area contributed by atoms with Crippen LogP contribution in [0.3, 0.4) is 0 Å². The van der Waals surface area contributed by atoms with Crippen LogP contribution in [0.5, 0.6) is 0 Å². The van der Waals surface area contributed by atoms with Crippen molar-refractivity contribution in [3.63, 3.8) is 0 Å². The zero-order valence-corrected chi connectivity index (χ0v) is 17.2. The maximum atomic E-state index is 13.0. The molecule has 1 fully saturated rings. The van der Waals surface area contributed by atoms with E-state index in [4.69, 9.17) is 12.2 Å². The average Bonchev–Trinajstić information content (AvgIpc) is 2.58. The van der Waals surface area contributed by atoms with E-state index in [1.165, 1.54) is 16.4 Å². The summed E-state index contributed by atoms with van der Waals surface area (Å²) in [4.78, 5) is 12.3. The van der Waals surface area contributed by atoms with Crippen molar-refractivity contribution in [1.82, 2.24) is 20.5 Å². The number of piperidine rings is 1. The minimum Gasteiger partial charge on any atom is -0.357 e. The van der Waals surface area contributed by atoms with Gasteiger partial charge in [-0.3, -0.25) is 15.6 Å². The summed E-state index contributed by atoms with van der Waals surface area (Å²) < 4.78 is 39.5. The lowest BCUT2D eigenvalue weighted by molar-refractivity contribution is -0.126. The van der Waals surface area contributed by atoms with Crippen LogP contribution in [0.4, 0.5) is 4.39 Å². The summed E-state index contributed by atoms with van der Waals surface area (Å²) in [5.41, 5.74) is 5.00. The Morgan fingerprint density at radius 1 is 1.15 bits per heavy atom. The van der Waals surface area contributed by atoms with E-state index >= 15 is 0 Å².